The summed E-state index contributed by atoms with van der Waals surface area (Å²) in [4.78, 5) is 11.1. The highest BCUT2D eigenvalue weighted by molar-refractivity contribution is 9.10. The molecular weight excluding hydrogens is 277 g/mol. The zero-order chi connectivity index (χ0) is 12.0. The molecule has 16 heavy (non-hydrogen) atoms. The fraction of sp³-hybridized carbons (Fsp3) is 0.182. The maximum Gasteiger partial charge on any atom is 0.352 e. The van der Waals surface area contributed by atoms with Gasteiger partial charge >= 0.3 is 5.97 Å². The highest BCUT2D eigenvalue weighted by Crippen LogP contribution is 2.31. The first-order chi connectivity index (χ1) is 7.43. The van der Waals surface area contributed by atoms with Gasteiger partial charge in [0.05, 0.1) is 5.52 Å². The van der Waals surface area contributed by atoms with Gasteiger partial charge in [0.25, 0.3) is 0 Å². The van der Waals surface area contributed by atoms with Crippen LogP contribution in [0.15, 0.2) is 16.6 Å². The molecule has 0 spiro atoms. The Bertz CT molecular complexity index is 604. The van der Waals surface area contributed by atoms with Crippen molar-refractivity contribution in [1.82, 2.24) is 4.57 Å². The standard InChI is InChI=1S/C11H9BrFNO2/c1-5-7-3-6(13)4-8(12)10(7)14(2)9(5)11(15)16/h3-4H,1-2H3,(H,15,16). The van der Waals surface area contributed by atoms with Gasteiger partial charge in [-0.15, -0.1) is 0 Å². The molecule has 2 aromatic rings. The van der Waals surface area contributed by atoms with Crippen LogP contribution in [0.4, 0.5) is 4.39 Å². The Morgan fingerprint density at radius 1 is 1.50 bits per heavy atom. The fourth-order valence-corrected chi connectivity index (χ4v) is 2.69. The number of fused-ring (bicyclic) bond motifs is 1. The quantitative estimate of drug-likeness (QED) is 0.875. The summed E-state index contributed by atoms with van der Waals surface area (Å²) in [6.07, 6.45) is 0. The smallest absolute Gasteiger partial charge is 0.352 e. The summed E-state index contributed by atoms with van der Waals surface area (Å²) in [6.45, 7) is 1.68. The SMILES string of the molecule is Cc1c(C(=O)O)n(C)c2c(Br)cc(F)cc12. The van der Waals surface area contributed by atoms with E-state index in [0.29, 0.717) is 20.9 Å². The van der Waals surface area contributed by atoms with Gasteiger partial charge in [0, 0.05) is 16.9 Å². The van der Waals surface area contributed by atoms with Crippen molar-refractivity contribution in [3.05, 3.63) is 33.7 Å². The Hall–Kier alpha value is -1.36. The number of aromatic carboxylic acids is 1. The maximum absolute atomic E-state index is 13.2. The van der Waals surface area contributed by atoms with Gasteiger partial charge < -0.3 is 9.67 Å². The Kier molecular flexibility index (Phi) is 2.50. The highest BCUT2D eigenvalue weighted by atomic mass is 79.9. The van der Waals surface area contributed by atoms with E-state index < -0.39 is 5.97 Å². The van der Waals surface area contributed by atoms with Crippen LogP contribution >= 0.6 is 15.9 Å². The Morgan fingerprint density at radius 3 is 2.69 bits per heavy atom. The lowest BCUT2D eigenvalue weighted by molar-refractivity contribution is 0.0686. The minimum atomic E-state index is -1.01. The second kappa shape index (κ2) is 3.59. The molecule has 0 aliphatic rings. The number of hydrogen-bond acceptors (Lipinski definition) is 1. The molecule has 1 aromatic carbocycles. The number of aromatic nitrogens is 1. The largest absolute Gasteiger partial charge is 0.477 e. The van der Waals surface area contributed by atoms with E-state index in [1.54, 1.807) is 18.5 Å². The molecule has 0 radical (unpaired) electrons. The van der Waals surface area contributed by atoms with Crippen molar-refractivity contribution in [2.45, 2.75) is 6.92 Å². The lowest BCUT2D eigenvalue weighted by Crippen LogP contribution is -2.05. The summed E-state index contributed by atoms with van der Waals surface area (Å²) in [5, 5.41) is 9.70. The zero-order valence-electron chi connectivity index (χ0n) is 8.71. The Morgan fingerprint density at radius 2 is 2.12 bits per heavy atom. The molecular formula is C11H9BrFNO2. The van der Waals surface area contributed by atoms with E-state index in [1.165, 1.54) is 12.1 Å². The van der Waals surface area contributed by atoms with E-state index in [0.717, 1.165) is 0 Å². The summed E-state index contributed by atoms with van der Waals surface area (Å²) in [7, 11) is 1.65. The monoisotopic (exact) mass is 285 g/mol. The predicted molar refractivity (Wildman–Crippen MR) is 62.3 cm³/mol. The molecule has 84 valence electrons. The lowest BCUT2D eigenvalue weighted by atomic mass is 10.1. The molecule has 3 nitrogen and oxygen atoms in total. The van der Waals surface area contributed by atoms with Crippen molar-refractivity contribution in [2.75, 3.05) is 0 Å². The number of aryl methyl sites for hydroxylation is 2. The minimum Gasteiger partial charge on any atom is -0.477 e. The molecule has 0 unspecified atom stereocenters. The third kappa shape index (κ3) is 1.43. The Balaban J connectivity index is 2.99. The molecule has 2 rings (SSSR count). The number of nitrogens with zero attached hydrogens (tertiary/aromatic N) is 1. The normalized spacial score (nSPS) is 11.0. The molecule has 0 aliphatic carbocycles. The van der Waals surface area contributed by atoms with Crippen LogP contribution in [-0.2, 0) is 7.05 Å². The molecule has 0 atom stereocenters. The van der Waals surface area contributed by atoms with Gasteiger partial charge in [0.1, 0.15) is 11.5 Å². The number of carboxylic acids is 1. The predicted octanol–water partition coefficient (Wildman–Crippen LogP) is 3.09. The van der Waals surface area contributed by atoms with Gasteiger partial charge in [-0.3, -0.25) is 0 Å². The maximum atomic E-state index is 13.2. The number of rotatable bonds is 1. The van der Waals surface area contributed by atoms with Crippen LogP contribution < -0.4 is 0 Å². The number of halogens is 2. The van der Waals surface area contributed by atoms with E-state index >= 15 is 0 Å². The molecule has 0 fully saturated rings. The van der Waals surface area contributed by atoms with Crippen molar-refractivity contribution in [3.8, 4) is 0 Å². The first-order valence-electron chi connectivity index (χ1n) is 4.60. The van der Waals surface area contributed by atoms with E-state index in [2.05, 4.69) is 15.9 Å². The van der Waals surface area contributed by atoms with Crippen LogP contribution in [-0.4, -0.2) is 15.6 Å². The lowest BCUT2D eigenvalue weighted by Gasteiger charge is -2.01. The van der Waals surface area contributed by atoms with Crippen molar-refractivity contribution < 1.29 is 14.3 Å². The van der Waals surface area contributed by atoms with Crippen LogP contribution in [0.2, 0.25) is 0 Å². The summed E-state index contributed by atoms with van der Waals surface area (Å²) in [6, 6.07) is 2.68. The Labute approximate surface area is 99.6 Å². The van der Waals surface area contributed by atoms with Crippen molar-refractivity contribution in [2.24, 2.45) is 7.05 Å². The third-order valence-corrected chi connectivity index (χ3v) is 3.27. The van der Waals surface area contributed by atoms with Gasteiger partial charge in [-0.25, -0.2) is 9.18 Å². The molecule has 5 heteroatoms. The second-order valence-corrected chi connectivity index (χ2v) is 4.48. The average molecular weight is 286 g/mol. The molecule has 0 saturated carbocycles. The van der Waals surface area contributed by atoms with E-state index in [4.69, 9.17) is 5.11 Å². The van der Waals surface area contributed by atoms with Crippen LogP contribution in [0, 0.1) is 12.7 Å². The molecule has 0 aliphatic heterocycles. The fourth-order valence-electron chi connectivity index (χ4n) is 1.99. The number of benzene rings is 1. The summed E-state index contributed by atoms with van der Waals surface area (Å²) in [5.74, 6) is -1.39. The van der Waals surface area contributed by atoms with E-state index in [1.807, 2.05) is 0 Å². The van der Waals surface area contributed by atoms with Crippen LogP contribution in [0.5, 0.6) is 0 Å². The van der Waals surface area contributed by atoms with Gasteiger partial charge in [-0.05, 0) is 40.5 Å². The van der Waals surface area contributed by atoms with E-state index in [9.17, 15) is 9.18 Å². The van der Waals surface area contributed by atoms with Gasteiger partial charge in [-0.2, -0.15) is 0 Å². The topological polar surface area (TPSA) is 42.2 Å². The second-order valence-electron chi connectivity index (χ2n) is 3.62. The van der Waals surface area contributed by atoms with Crippen molar-refractivity contribution >= 4 is 32.8 Å². The van der Waals surface area contributed by atoms with Gasteiger partial charge in [0.15, 0.2) is 0 Å². The molecule has 0 saturated heterocycles. The van der Waals surface area contributed by atoms with Gasteiger partial charge in [-0.1, -0.05) is 0 Å². The third-order valence-electron chi connectivity index (χ3n) is 2.66. The summed E-state index contributed by atoms with van der Waals surface area (Å²) < 4.78 is 15.3. The number of hydrogen-bond donors (Lipinski definition) is 1. The van der Waals surface area contributed by atoms with Crippen LogP contribution in [0.25, 0.3) is 10.9 Å². The molecule has 1 aromatic heterocycles. The van der Waals surface area contributed by atoms with Gasteiger partial charge in [0.2, 0.25) is 0 Å². The zero-order valence-corrected chi connectivity index (χ0v) is 10.3. The summed E-state index contributed by atoms with van der Waals surface area (Å²) >= 11 is 3.24. The molecule has 0 amide bonds. The molecule has 1 N–H and O–H groups in total. The van der Waals surface area contributed by atoms with Crippen LogP contribution in [0.1, 0.15) is 16.1 Å². The molecule has 0 bridgehead atoms. The van der Waals surface area contributed by atoms with Crippen molar-refractivity contribution in [1.29, 1.82) is 0 Å². The minimum absolute atomic E-state index is 0.182. The number of carboxylic acid groups (broad SMARTS) is 1. The summed E-state index contributed by atoms with van der Waals surface area (Å²) in [5.41, 5.74) is 1.45. The highest BCUT2D eigenvalue weighted by Gasteiger charge is 2.19. The number of carbonyl (C=O) groups is 1. The molecule has 1 heterocycles. The van der Waals surface area contributed by atoms with E-state index in [-0.39, 0.29) is 11.5 Å². The first kappa shape index (κ1) is 11.1. The van der Waals surface area contributed by atoms with Crippen molar-refractivity contribution in [3.63, 3.8) is 0 Å². The average Bonchev–Trinajstić information content (AvgIpc) is 2.38. The first-order valence-corrected chi connectivity index (χ1v) is 5.40. The van der Waals surface area contributed by atoms with Crippen LogP contribution in [0.3, 0.4) is 0 Å².